The summed E-state index contributed by atoms with van der Waals surface area (Å²) in [5.74, 6) is -0.261. The van der Waals surface area contributed by atoms with Crippen LogP contribution in [0, 0.1) is 5.82 Å². The minimum Gasteiger partial charge on any atom is -0.389 e. The highest BCUT2D eigenvalue weighted by atomic mass is 32.1. The summed E-state index contributed by atoms with van der Waals surface area (Å²) in [5.41, 5.74) is 7.16. The summed E-state index contributed by atoms with van der Waals surface area (Å²) >= 11 is 4.93. The standard InChI is InChI=1S/C15H21FN2S/c1-2-18(14-5-3-4-6-14)10-11-7-12(15(17)19)9-13(16)8-11/h7-9,14H,2-6,10H2,1H3,(H2,17,19). The van der Waals surface area contributed by atoms with Gasteiger partial charge in [0.05, 0.1) is 0 Å². The van der Waals surface area contributed by atoms with E-state index in [2.05, 4.69) is 11.8 Å². The molecule has 1 aliphatic rings. The normalized spacial score (nSPS) is 16.2. The first kappa shape index (κ1) is 14.4. The van der Waals surface area contributed by atoms with Crippen molar-refractivity contribution in [3.63, 3.8) is 0 Å². The van der Waals surface area contributed by atoms with Crippen molar-refractivity contribution < 1.29 is 4.39 Å². The zero-order chi connectivity index (χ0) is 13.8. The van der Waals surface area contributed by atoms with E-state index in [1.807, 2.05) is 6.07 Å². The number of hydrogen-bond donors (Lipinski definition) is 1. The lowest BCUT2D eigenvalue weighted by Gasteiger charge is -2.27. The molecule has 4 heteroatoms. The van der Waals surface area contributed by atoms with Crippen LogP contribution in [0.1, 0.15) is 43.7 Å². The van der Waals surface area contributed by atoms with E-state index < -0.39 is 0 Å². The molecule has 0 aliphatic heterocycles. The van der Waals surface area contributed by atoms with Crippen LogP contribution in [-0.2, 0) is 6.54 Å². The van der Waals surface area contributed by atoms with Crippen molar-refractivity contribution in [1.82, 2.24) is 4.90 Å². The largest absolute Gasteiger partial charge is 0.389 e. The van der Waals surface area contributed by atoms with E-state index in [-0.39, 0.29) is 10.8 Å². The van der Waals surface area contributed by atoms with E-state index in [1.54, 1.807) is 6.07 Å². The number of nitrogens with two attached hydrogens (primary N) is 1. The van der Waals surface area contributed by atoms with E-state index >= 15 is 0 Å². The third-order valence-electron chi connectivity index (χ3n) is 3.88. The van der Waals surface area contributed by atoms with Crippen LogP contribution in [0.25, 0.3) is 0 Å². The third kappa shape index (κ3) is 3.74. The zero-order valence-corrected chi connectivity index (χ0v) is 12.2. The van der Waals surface area contributed by atoms with Gasteiger partial charge >= 0.3 is 0 Å². The second-order valence-electron chi connectivity index (χ2n) is 5.21. The van der Waals surface area contributed by atoms with Crippen molar-refractivity contribution in [2.75, 3.05) is 6.54 Å². The predicted molar refractivity (Wildman–Crippen MR) is 80.6 cm³/mol. The molecule has 1 aliphatic carbocycles. The minimum atomic E-state index is -0.261. The third-order valence-corrected chi connectivity index (χ3v) is 4.11. The molecule has 0 saturated heterocycles. The summed E-state index contributed by atoms with van der Waals surface area (Å²) in [7, 11) is 0. The second kappa shape index (κ2) is 6.44. The number of halogens is 1. The van der Waals surface area contributed by atoms with Gasteiger partial charge in [-0.2, -0.15) is 0 Å². The Kier molecular flexibility index (Phi) is 4.88. The van der Waals surface area contributed by atoms with Gasteiger partial charge in [-0.3, -0.25) is 4.90 Å². The molecule has 1 fully saturated rings. The molecule has 2 nitrogen and oxygen atoms in total. The summed E-state index contributed by atoms with van der Waals surface area (Å²) < 4.78 is 13.6. The maximum absolute atomic E-state index is 13.6. The lowest BCUT2D eigenvalue weighted by molar-refractivity contribution is 0.200. The number of rotatable bonds is 5. The van der Waals surface area contributed by atoms with Crippen LogP contribution in [0.3, 0.4) is 0 Å². The fourth-order valence-corrected chi connectivity index (χ4v) is 3.00. The second-order valence-corrected chi connectivity index (χ2v) is 5.65. The predicted octanol–water partition coefficient (Wildman–Crippen LogP) is 3.22. The van der Waals surface area contributed by atoms with Crippen molar-refractivity contribution in [3.8, 4) is 0 Å². The molecule has 0 atom stereocenters. The average molecular weight is 280 g/mol. The molecular formula is C15H21FN2S. The summed E-state index contributed by atoms with van der Waals surface area (Å²) in [6.45, 7) is 3.92. The Labute approximate surface area is 119 Å². The summed E-state index contributed by atoms with van der Waals surface area (Å²) in [5, 5.41) is 0. The fourth-order valence-electron chi connectivity index (χ4n) is 2.89. The Hall–Kier alpha value is -1.00. The molecular weight excluding hydrogens is 259 g/mol. The van der Waals surface area contributed by atoms with Crippen LogP contribution in [0.4, 0.5) is 4.39 Å². The number of thiocarbonyl (C=S) groups is 1. The van der Waals surface area contributed by atoms with Gasteiger partial charge in [-0.25, -0.2) is 4.39 Å². The van der Waals surface area contributed by atoms with Crippen LogP contribution in [0.15, 0.2) is 18.2 Å². The van der Waals surface area contributed by atoms with E-state index in [0.29, 0.717) is 11.6 Å². The molecule has 0 aromatic heterocycles. The topological polar surface area (TPSA) is 29.3 Å². The van der Waals surface area contributed by atoms with Gasteiger partial charge in [-0.1, -0.05) is 32.0 Å². The maximum atomic E-state index is 13.6. The van der Waals surface area contributed by atoms with Gasteiger partial charge < -0.3 is 5.73 Å². The molecule has 0 bridgehead atoms. The number of nitrogens with zero attached hydrogens (tertiary/aromatic N) is 1. The van der Waals surface area contributed by atoms with E-state index in [4.69, 9.17) is 18.0 Å². The minimum absolute atomic E-state index is 0.254. The van der Waals surface area contributed by atoms with Crippen LogP contribution >= 0.6 is 12.2 Å². The van der Waals surface area contributed by atoms with Gasteiger partial charge in [0.1, 0.15) is 10.8 Å². The first-order chi connectivity index (χ1) is 9.10. The molecule has 1 saturated carbocycles. The first-order valence-electron chi connectivity index (χ1n) is 6.93. The first-order valence-corrected chi connectivity index (χ1v) is 7.34. The number of hydrogen-bond acceptors (Lipinski definition) is 2. The molecule has 2 N–H and O–H groups in total. The van der Waals surface area contributed by atoms with Gasteiger partial charge in [-0.15, -0.1) is 0 Å². The summed E-state index contributed by atoms with van der Waals surface area (Å²) in [6.07, 6.45) is 5.13. The number of benzene rings is 1. The van der Waals surface area contributed by atoms with Crippen molar-refractivity contribution in [2.45, 2.75) is 45.2 Å². The molecule has 2 rings (SSSR count). The molecule has 104 valence electrons. The van der Waals surface area contributed by atoms with E-state index in [0.717, 1.165) is 18.7 Å². The molecule has 0 amide bonds. The SMILES string of the molecule is CCN(Cc1cc(F)cc(C(N)=S)c1)C1CCCC1. The Bertz CT molecular complexity index is 455. The zero-order valence-electron chi connectivity index (χ0n) is 11.4. The highest BCUT2D eigenvalue weighted by Gasteiger charge is 2.21. The lowest BCUT2D eigenvalue weighted by Crippen LogP contribution is -2.32. The molecule has 0 unspecified atom stereocenters. The molecule has 0 spiro atoms. The van der Waals surface area contributed by atoms with E-state index in [9.17, 15) is 4.39 Å². The fraction of sp³-hybridized carbons (Fsp3) is 0.533. The van der Waals surface area contributed by atoms with Crippen LogP contribution < -0.4 is 5.73 Å². The average Bonchev–Trinajstić information content (AvgIpc) is 2.89. The Morgan fingerprint density at radius 1 is 1.37 bits per heavy atom. The smallest absolute Gasteiger partial charge is 0.124 e. The molecule has 0 radical (unpaired) electrons. The van der Waals surface area contributed by atoms with Crippen molar-refractivity contribution in [3.05, 3.63) is 35.1 Å². The maximum Gasteiger partial charge on any atom is 0.124 e. The molecule has 0 heterocycles. The van der Waals surface area contributed by atoms with E-state index in [1.165, 1.54) is 31.7 Å². The summed E-state index contributed by atoms with van der Waals surface area (Å²) in [4.78, 5) is 2.68. The van der Waals surface area contributed by atoms with Gasteiger partial charge in [0.25, 0.3) is 0 Å². The van der Waals surface area contributed by atoms with Gasteiger partial charge in [0, 0.05) is 18.2 Å². The van der Waals surface area contributed by atoms with Crippen molar-refractivity contribution in [1.29, 1.82) is 0 Å². The van der Waals surface area contributed by atoms with Crippen molar-refractivity contribution in [2.24, 2.45) is 5.73 Å². The Morgan fingerprint density at radius 3 is 2.63 bits per heavy atom. The van der Waals surface area contributed by atoms with Crippen LogP contribution in [0.2, 0.25) is 0 Å². The van der Waals surface area contributed by atoms with Gasteiger partial charge in [0.15, 0.2) is 0 Å². The van der Waals surface area contributed by atoms with Crippen LogP contribution in [-0.4, -0.2) is 22.5 Å². The van der Waals surface area contributed by atoms with Crippen molar-refractivity contribution >= 4 is 17.2 Å². The lowest BCUT2D eigenvalue weighted by atomic mass is 10.1. The quantitative estimate of drug-likeness (QED) is 0.840. The summed E-state index contributed by atoms with van der Waals surface area (Å²) in [6, 6.07) is 5.53. The van der Waals surface area contributed by atoms with Crippen LogP contribution in [0.5, 0.6) is 0 Å². The molecule has 1 aromatic carbocycles. The van der Waals surface area contributed by atoms with Gasteiger partial charge in [0.2, 0.25) is 0 Å². The van der Waals surface area contributed by atoms with Gasteiger partial charge in [-0.05, 0) is 43.1 Å². The highest BCUT2D eigenvalue weighted by Crippen LogP contribution is 2.25. The molecule has 1 aromatic rings. The highest BCUT2D eigenvalue weighted by molar-refractivity contribution is 7.80. The Balaban J connectivity index is 2.14. The monoisotopic (exact) mass is 280 g/mol. The Morgan fingerprint density at radius 2 is 2.05 bits per heavy atom. The molecule has 19 heavy (non-hydrogen) atoms.